The molecule has 1 saturated heterocycles. The second kappa shape index (κ2) is 10.2. The summed E-state index contributed by atoms with van der Waals surface area (Å²) >= 11 is 0. The Bertz CT molecular complexity index is 1400. The molecule has 1 aliphatic heterocycles. The summed E-state index contributed by atoms with van der Waals surface area (Å²) in [6.07, 6.45) is 4.46. The number of guanidine groups is 1. The summed E-state index contributed by atoms with van der Waals surface area (Å²) in [6, 6.07) is 25.4. The number of hydrogen-bond donors (Lipinski definition) is 1. The van der Waals surface area contributed by atoms with E-state index in [0.717, 1.165) is 30.6 Å². The summed E-state index contributed by atoms with van der Waals surface area (Å²) in [5.41, 5.74) is 3.67. The molecule has 0 bridgehead atoms. The van der Waals surface area contributed by atoms with Crippen molar-refractivity contribution in [3.63, 3.8) is 0 Å². The predicted molar refractivity (Wildman–Crippen MR) is 140 cm³/mol. The maximum absolute atomic E-state index is 14.0. The highest BCUT2D eigenvalue weighted by atomic mass is 19.1. The third-order valence-electron chi connectivity index (χ3n) is 7.19. The lowest BCUT2D eigenvalue weighted by Gasteiger charge is -2.42. The van der Waals surface area contributed by atoms with Crippen LogP contribution in [0.1, 0.15) is 29.8 Å². The van der Waals surface area contributed by atoms with Crippen molar-refractivity contribution < 1.29 is 4.39 Å². The first kappa shape index (κ1) is 23.6. The van der Waals surface area contributed by atoms with E-state index in [1.54, 1.807) is 6.07 Å². The maximum atomic E-state index is 14.0. The zero-order valence-corrected chi connectivity index (χ0v) is 20.4. The van der Waals surface area contributed by atoms with Gasteiger partial charge in [0.05, 0.1) is 16.4 Å². The number of fused-ring (bicyclic) bond motifs is 1. The van der Waals surface area contributed by atoms with Crippen molar-refractivity contribution in [2.45, 2.75) is 24.7 Å². The van der Waals surface area contributed by atoms with Crippen LogP contribution >= 0.6 is 0 Å². The molecular weight excluding hydrogens is 451 g/mol. The van der Waals surface area contributed by atoms with E-state index in [9.17, 15) is 9.65 Å². The Morgan fingerprint density at radius 3 is 2.44 bits per heavy atom. The van der Waals surface area contributed by atoms with Crippen LogP contribution in [0, 0.1) is 17.3 Å². The molecule has 0 atom stereocenters. The van der Waals surface area contributed by atoms with Crippen LogP contribution in [0.4, 0.5) is 4.39 Å². The average molecular weight is 481 g/mol. The van der Waals surface area contributed by atoms with Gasteiger partial charge in [-0.05, 0) is 42.5 Å². The van der Waals surface area contributed by atoms with Crippen LogP contribution in [0.3, 0.4) is 0 Å². The van der Waals surface area contributed by atoms with E-state index in [1.165, 1.54) is 23.3 Å². The fourth-order valence-corrected chi connectivity index (χ4v) is 5.30. The van der Waals surface area contributed by atoms with Crippen LogP contribution < -0.4 is 5.32 Å². The molecule has 6 nitrogen and oxygen atoms in total. The number of piperidine rings is 1. The van der Waals surface area contributed by atoms with E-state index in [-0.39, 0.29) is 11.2 Å². The number of hydrogen-bond acceptors (Lipinski definition) is 3. The molecule has 1 N–H and O–H groups in total. The number of halogens is 1. The summed E-state index contributed by atoms with van der Waals surface area (Å²) in [5.74, 6) is 1.27. The molecule has 0 unspecified atom stereocenters. The van der Waals surface area contributed by atoms with Crippen LogP contribution in [0.15, 0.2) is 83.9 Å². The minimum absolute atomic E-state index is 0.283. The number of rotatable bonds is 5. The fourth-order valence-electron chi connectivity index (χ4n) is 5.30. The molecule has 1 aromatic heterocycles. The normalized spacial score (nSPS) is 15.6. The van der Waals surface area contributed by atoms with Crippen molar-refractivity contribution in [1.82, 2.24) is 19.8 Å². The minimum Gasteiger partial charge on any atom is -0.342 e. The summed E-state index contributed by atoms with van der Waals surface area (Å²) in [7, 11) is 2.01. The molecule has 0 amide bonds. The van der Waals surface area contributed by atoms with Gasteiger partial charge in [-0.1, -0.05) is 60.7 Å². The van der Waals surface area contributed by atoms with Gasteiger partial charge in [-0.3, -0.25) is 10.3 Å². The number of benzene rings is 3. The number of nitriles is 1. The van der Waals surface area contributed by atoms with Crippen LogP contribution in [0.25, 0.3) is 11.0 Å². The number of likely N-dealkylation sites (tertiary alicyclic amines) is 1. The lowest BCUT2D eigenvalue weighted by molar-refractivity contribution is 0.242. The molecule has 0 saturated carbocycles. The second-order valence-corrected chi connectivity index (χ2v) is 9.24. The van der Waals surface area contributed by atoms with Gasteiger partial charge in [0.2, 0.25) is 5.96 Å². The van der Waals surface area contributed by atoms with Crippen molar-refractivity contribution in [2.75, 3.05) is 19.6 Å². The summed E-state index contributed by atoms with van der Waals surface area (Å²) in [5, 5.41) is 12.2. The van der Waals surface area contributed by atoms with Crippen molar-refractivity contribution in [2.24, 2.45) is 12.0 Å². The zero-order valence-electron chi connectivity index (χ0n) is 20.4. The molecule has 4 aromatic rings. The van der Waals surface area contributed by atoms with Crippen molar-refractivity contribution in [3.8, 4) is 6.19 Å². The van der Waals surface area contributed by atoms with Crippen molar-refractivity contribution in [1.29, 1.82) is 5.26 Å². The van der Waals surface area contributed by atoms with Gasteiger partial charge in [-0.25, -0.2) is 9.37 Å². The fraction of sp³-hybridized carbons (Fsp3) is 0.276. The van der Waals surface area contributed by atoms with Crippen LogP contribution in [0.2, 0.25) is 0 Å². The highest BCUT2D eigenvalue weighted by Crippen LogP contribution is 2.42. The number of nitrogens with zero attached hydrogens (tertiary/aromatic N) is 5. The lowest BCUT2D eigenvalue weighted by Crippen LogP contribution is -2.50. The standard InChI is InChI=1S/C29H29FN6/c1-35-26-13-12-24(30)20-25(26)34-27(35)29(23-10-6-3-7-11-23)15-18-36(19-16-29)28(33-21-31)32-17-14-22-8-4-2-5-9-22/h2-13,20H,14-19H2,1H3,(H,32,33). The quantitative estimate of drug-likeness (QED) is 0.193. The Morgan fingerprint density at radius 2 is 1.75 bits per heavy atom. The van der Waals surface area contributed by atoms with Crippen molar-refractivity contribution in [3.05, 3.63) is 102 Å². The number of nitrogens with one attached hydrogen (secondary N) is 1. The molecule has 2 heterocycles. The Kier molecular flexibility index (Phi) is 6.68. The molecule has 0 spiro atoms. The Balaban J connectivity index is 1.43. The smallest absolute Gasteiger partial charge is 0.207 e. The number of imidazole rings is 1. The van der Waals surface area contributed by atoms with Crippen LogP contribution in [-0.2, 0) is 18.9 Å². The molecule has 1 fully saturated rings. The Hall–Kier alpha value is -4.18. The number of aromatic nitrogens is 2. The van der Waals surface area contributed by atoms with Crippen LogP contribution in [-0.4, -0.2) is 40.0 Å². The monoisotopic (exact) mass is 480 g/mol. The highest BCUT2D eigenvalue weighted by molar-refractivity contribution is 5.81. The van der Waals surface area contributed by atoms with E-state index in [2.05, 4.69) is 57.4 Å². The third-order valence-corrected chi connectivity index (χ3v) is 7.19. The minimum atomic E-state index is -0.330. The van der Waals surface area contributed by atoms with Gasteiger partial charge < -0.3 is 9.47 Å². The van der Waals surface area contributed by atoms with E-state index in [0.29, 0.717) is 31.1 Å². The van der Waals surface area contributed by atoms with E-state index >= 15 is 0 Å². The summed E-state index contributed by atoms with van der Waals surface area (Å²) in [6.45, 7) is 2.03. The molecule has 0 aliphatic carbocycles. The molecule has 1 aliphatic rings. The van der Waals surface area contributed by atoms with Gasteiger partial charge in [-0.15, -0.1) is 0 Å². The average Bonchev–Trinajstić information content (AvgIpc) is 3.25. The largest absolute Gasteiger partial charge is 0.342 e. The molecular formula is C29H29FN6. The second-order valence-electron chi connectivity index (χ2n) is 9.24. The SMILES string of the molecule is Cn1c(C2(c3ccccc3)CCN(C(=NCCc3ccccc3)NC#N)CC2)nc2cc(F)ccc21. The third kappa shape index (κ3) is 4.55. The lowest BCUT2D eigenvalue weighted by atomic mass is 9.72. The van der Waals surface area contributed by atoms with E-state index in [4.69, 9.17) is 9.98 Å². The van der Waals surface area contributed by atoms with Gasteiger partial charge in [0.15, 0.2) is 6.19 Å². The first-order valence-electron chi connectivity index (χ1n) is 12.3. The summed E-state index contributed by atoms with van der Waals surface area (Å²) < 4.78 is 16.1. The topological polar surface area (TPSA) is 69.2 Å². The van der Waals surface area contributed by atoms with E-state index < -0.39 is 0 Å². The highest BCUT2D eigenvalue weighted by Gasteiger charge is 2.42. The van der Waals surface area contributed by atoms with Gasteiger partial charge >= 0.3 is 0 Å². The van der Waals surface area contributed by atoms with Crippen LogP contribution in [0.5, 0.6) is 0 Å². The van der Waals surface area contributed by atoms with Gasteiger partial charge in [0.25, 0.3) is 0 Å². The summed E-state index contributed by atoms with van der Waals surface area (Å²) in [4.78, 5) is 11.8. The molecule has 5 rings (SSSR count). The first-order valence-corrected chi connectivity index (χ1v) is 12.3. The molecule has 3 aromatic carbocycles. The first-order chi connectivity index (χ1) is 17.6. The number of aryl methyl sites for hydroxylation is 1. The number of aliphatic imine (C=N–C) groups is 1. The molecule has 7 heteroatoms. The van der Waals surface area contributed by atoms with E-state index in [1.807, 2.05) is 31.3 Å². The Morgan fingerprint density at radius 1 is 1.06 bits per heavy atom. The zero-order chi connectivity index (χ0) is 25.0. The predicted octanol–water partition coefficient (Wildman–Crippen LogP) is 4.76. The molecule has 0 radical (unpaired) electrons. The molecule has 36 heavy (non-hydrogen) atoms. The van der Waals surface area contributed by atoms with Gasteiger partial charge in [-0.2, -0.15) is 5.26 Å². The van der Waals surface area contributed by atoms with Crippen molar-refractivity contribution >= 4 is 17.0 Å². The van der Waals surface area contributed by atoms with Gasteiger partial charge in [0.1, 0.15) is 11.6 Å². The Labute approximate surface area is 210 Å². The van der Waals surface area contributed by atoms with Gasteiger partial charge in [0, 0.05) is 32.7 Å². The molecule has 182 valence electrons. The maximum Gasteiger partial charge on any atom is 0.207 e.